The third kappa shape index (κ3) is 6.34. The minimum Gasteiger partial charge on any atom is -0.326 e. The van der Waals surface area contributed by atoms with E-state index >= 15 is 0 Å². The maximum absolute atomic E-state index is 13.0. The van der Waals surface area contributed by atoms with Gasteiger partial charge < -0.3 is 5.32 Å². The molecule has 33 heavy (non-hydrogen) atoms. The number of nitrogens with one attached hydrogen (secondary N) is 2. The summed E-state index contributed by atoms with van der Waals surface area (Å²) in [6, 6.07) is 16.3. The molecule has 0 aliphatic rings. The second kappa shape index (κ2) is 10.2. The standard InChI is InChI=1S/C21H18ClN5O5S/c1-14(28)24-16-8-6-15(7-9-16)13-23-25-20-11-10-17(27(29)30)12-21(20)33(31,32)26-19-5-3-2-4-18(19)22/h2-12,26H,13H2,1H3,(H,24,28). The third-order valence-corrected chi connectivity index (χ3v) is 5.99. The molecular formula is C21H18ClN5O5S. The minimum absolute atomic E-state index is 0.0741. The lowest BCUT2D eigenvalue weighted by Gasteiger charge is -2.11. The Labute approximate surface area is 194 Å². The fraction of sp³-hybridized carbons (Fsp3) is 0.0952. The fourth-order valence-electron chi connectivity index (χ4n) is 2.75. The SMILES string of the molecule is CC(=O)Nc1ccc(CN=Nc2ccc([N+](=O)[O-])cc2S(=O)(=O)Nc2ccccc2Cl)cc1. The van der Waals surface area contributed by atoms with Crippen LogP contribution >= 0.6 is 11.6 Å². The number of hydrogen-bond donors (Lipinski definition) is 2. The molecule has 0 aromatic heterocycles. The number of sulfonamides is 1. The van der Waals surface area contributed by atoms with Gasteiger partial charge in [0.05, 0.1) is 22.2 Å². The Balaban J connectivity index is 1.88. The van der Waals surface area contributed by atoms with Crippen LogP contribution in [0.15, 0.2) is 81.9 Å². The monoisotopic (exact) mass is 487 g/mol. The Morgan fingerprint density at radius 2 is 1.79 bits per heavy atom. The van der Waals surface area contributed by atoms with Gasteiger partial charge in [0.15, 0.2) is 0 Å². The Hall–Kier alpha value is -3.83. The lowest BCUT2D eigenvalue weighted by molar-refractivity contribution is -0.385. The van der Waals surface area contributed by atoms with Gasteiger partial charge in [0.2, 0.25) is 5.91 Å². The number of carbonyl (C=O) groups excluding carboxylic acids is 1. The molecule has 0 bridgehead atoms. The van der Waals surface area contributed by atoms with E-state index in [1.165, 1.54) is 25.1 Å². The smallest absolute Gasteiger partial charge is 0.270 e. The molecule has 0 saturated heterocycles. The number of rotatable bonds is 8. The highest BCUT2D eigenvalue weighted by Gasteiger charge is 2.23. The molecule has 0 unspecified atom stereocenters. The summed E-state index contributed by atoms with van der Waals surface area (Å²) in [5, 5.41) is 22.0. The van der Waals surface area contributed by atoms with Crippen molar-refractivity contribution in [2.75, 3.05) is 10.0 Å². The van der Waals surface area contributed by atoms with E-state index in [2.05, 4.69) is 20.3 Å². The van der Waals surface area contributed by atoms with Gasteiger partial charge in [-0.25, -0.2) is 8.42 Å². The highest BCUT2D eigenvalue weighted by atomic mass is 35.5. The van der Waals surface area contributed by atoms with E-state index in [-0.39, 0.29) is 28.8 Å². The zero-order valence-electron chi connectivity index (χ0n) is 17.2. The number of azo groups is 1. The molecule has 170 valence electrons. The number of hydrogen-bond acceptors (Lipinski definition) is 7. The lowest BCUT2D eigenvalue weighted by atomic mass is 10.2. The molecule has 3 aromatic rings. The van der Waals surface area contributed by atoms with Gasteiger partial charge in [0.1, 0.15) is 10.6 Å². The molecule has 0 aliphatic heterocycles. The van der Waals surface area contributed by atoms with Crippen molar-refractivity contribution in [3.63, 3.8) is 0 Å². The van der Waals surface area contributed by atoms with E-state index in [0.717, 1.165) is 17.7 Å². The highest BCUT2D eigenvalue weighted by molar-refractivity contribution is 7.92. The number of halogens is 1. The number of nitrogens with zero attached hydrogens (tertiary/aromatic N) is 3. The third-order valence-electron chi connectivity index (χ3n) is 4.27. The second-order valence-corrected chi connectivity index (χ2v) is 8.83. The van der Waals surface area contributed by atoms with Crippen LogP contribution in [-0.2, 0) is 21.4 Å². The fourth-order valence-corrected chi connectivity index (χ4v) is 4.22. The molecular weight excluding hydrogens is 470 g/mol. The molecule has 0 heterocycles. The molecule has 10 nitrogen and oxygen atoms in total. The summed E-state index contributed by atoms with van der Waals surface area (Å²) in [7, 11) is -4.27. The minimum atomic E-state index is -4.27. The quantitative estimate of drug-likeness (QED) is 0.252. The summed E-state index contributed by atoms with van der Waals surface area (Å²) in [5.74, 6) is -0.195. The molecule has 12 heteroatoms. The largest absolute Gasteiger partial charge is 0.326 e. The summed E-state index contributed by atoms with van der Waals surface area (Å²) in [6.07, 6.45) is 0. The van der Waals surface area contributed by atoms with Gasteiger partial charge in [-0.2, -0.15) is 10.2 Å². The van der Waals surface area contributed by atoms with Crippen molar-refractivity contribution < 1.29 is 18.1 Å². The molecule has 0 fully saturated rings. The average Bonchev–Trinajstić information content (AvgIpc) is 2.76. The van der Waals surface area contributed by atoms with Crippen molar-refractivity contribution >= 4 is 50.3 Å². The number of carbonyl (C=O) groups is 1. The van der Waals surface area contributed by atoms with Crippen LogP contribution in [0.2, 0.25) is 5.02 Å². The number of anilines is 2. The van der Waals surface area contributed by atoms with Gasteiger partial charge in [-0.05, 0) is 35.9 Å². The van der Waals surface area contributed by atoms with Crippen molar-refractivity contribution in [1.82, 2.24) is 0 Å². The molecule has 0 atom stereocenters. The Morgan fingerprint density at radius 1 is 1.09 bits per heavy atom. The van der Waals surface area contributed by atoms with Crippen molar-refractivity contribution in [2.24, 2.45) is 10.2 Å². The van der Waals surface area contributed by atoms with E-state index in [4.69, 9.17) is 11.6 Å². The van der Waals surface area contributed by atoms with Crippen LogP contribution in [-0.4, -0.2) is 19.2 Å². The number of nitro benzene ring substituents is 1. The summed E-state index contributed by atoms with van der Waals surface area (Å²) in [4.78, 5) is 21.2. The van der Waals surface area contributed by atoms with E-state index in [1.807, 2.05) is 0 Å². The Morgan fingerprint density at radius 3 is 2.42 bits per heavy atom. The molecule has 0 aliphatic carbocycles. The zero-order chi connectivity index (χ0) is 24.0. The number of amides is 1. The predicted molar refractivity (Wildman–Crippen MR) is 124 cm³/mol. The maximum atomic E-state index is 13.0. The number of benzene rings is 3. The highest BCUT2D eigenvalue weighted by Crippen LogP contribution is 2.32. The van der Waals surface area contributed by atoms with Crippen LogP contribution in [0.4, 0.5) is 22.7 Å². The molecule has 2 N–H and O–H groups in total. The first kappa shape index (κ1) is 23.8. The second-order valence-electron chi connectivity index (χ2n) is 6.77. The van der Waals surface area contributed by atoms with Gasteiger partial charge in [0.25, 0.3) is 15.7 Å². The summed E-state index contributed by atoms with van der Waals surface area (Å²) in [5.41, 5.74) is 1.01. The molecule has 0 saturated carbocycles. The molecule has 1 amide bonds. The normalized spacial score (nSPS) is 11.3. The van der Waals surface area contributed by atoms with E-state index in [9.17, 15) is 23.3 Å². The lowest BCUT2D eigenvalue weighted by Crippen LogP contribution is -2.13. The number of para-hydroxylation sites is 1. The first-order valence-corrected chi connectivity index (χ1v) is 11.3. The van der Waals surface area contributed by atoms with Crippen molar-refractivity contribution in [3.05, 3.63) is 87.4 Å². The maximum Gasteiger partial charge on any atom is 0.270 e. The molecule has 3 rings (SSSR count). The van der Waals surface area contributed by atoms with Crippen LogP contribution in [0.5, 0.6) is 0 Å². The number of nitro groups is 1. The van der Waals surface area contributed by atoms with Crippen LogP contribution in [0, 0.1) is 10.1 Å². The summed E-state index contributed by atoms with van der Waals surface area (Å²) >= 11 is 6.03. The van der Waals surface area contributed by atoms with Crippen molar-refractivity contribution in [2.45, 2.75) is 18.4 Å². The topological polar surface area (TPSA) is 143 Å². The van der Waals surface area contributed by atoms with Crippen LogP contribution in [0.3, 0.4) is 0 Å². The number of non-ortho nitro benzene ring substituents is 1. The first-order valence-electron chi connectivity index (χ1n) is 9.45. The molecule has 3 aromatic carbocycles. The Bertz CT molecular complexity index is 1330. The predicted octanol–water partition coefficient (Wildman–Crippen LogP) is 5.29. The van der Waals surface area contributed by atoms with Crippen LogP contribution < -0.4 is 10.0 Å². The van der Waals surface area contributed by atoms with E-state index in [0.29, 0.717) is 5.69 Å². The van der Waals surface area contributed by atoms with E-state index in [1.54, 1.807) is 36.4 Å². The summed E-state index contributed by atoms with van der Waals surface area (Å²) in [6.45, 7) is 1.52. The van der Waals surface area contributed by atoms with E-state index < -0.39 is 25.5 Å². The van der Waals surface area contributed by atoms with Crippen molar-refractivity contribution in [1.29, 1.82) is 0 Å². The first-order chi connectivity index (χ1) is 15.7. The average molecular weight is 488 g/mol. The van der Waals surface area contributed by atoms with Gasteiger partial charge in [-0.3, -0.25) is 19.6 Å². The zero-order valence-corrected chi connectivity index (χ0v) is 18.8. The molecule has 0 radical (unpaired) electrons. The summed E-state index contributed by atoms with van der Waals surface area (Å²) < 4.78 is 28.3. The van der Waals surface area contributed by atoms with Gasteiger partial charge >= 0.3 is 0 Å². The van der Waals surface area contributed by atoms with Gasteiger partial charge in [-0.1, -0.05) is 35.9 Å². The Kier molecular flexibility index (Phi) is 7.36. The van der Waals surface area contributed by atoms with Gasteiger partial charge in [0, 0.05) is 24.7 Å². The van der Waals surface area contributed by atoms with Crippen LogP contribution in [0.1, 0.15) is 12.5 Å². The van der Waals surface area contributed by atoms with Crippen LogP contribution in [0.25, 0.3) is 0 Å². The molecule has 0 spiro atoms. The van der Waals surface area contributed by atoms with Gasteiger partial charge in [-0.15, -0.1) is 0 Å². The van der Waals surface area contributed by atoms with Crippen molar-refractivity contribution in [3.8, 4) is 0 Å².